The van der Waals surface area contributed by atoms with Crippen LogP contribution in [-0.4, -0.2) is 18.9 Å². The molecule has 0 N–H and O–H groups in total. The summed E-state index contributed by atoms with van der Waals surface area (Å²) in [5, 5.41) is 0. The SMILES string of the molecule is [La].[LiH].[O]=[Ta](=[O])(=[O])(=[O])=[O]. The Morgan fingerprint density at radius 1 is 0.750 bits per heavy atom. The van der Waals surface area contributed by atoms with Crippen molar-refractivity contribution in [2.24, 2.45) is 0 Å². The van der Waals surface area contributed by atoms with Crippen molar-refractivity contribution in [3.05, 3.63) is 0 Å². The van der Waals surface area contributed by atoms with Crippen LogP contribution in [0.15, 0.2) is 0 Å². The van der Waals surface area contributed by atoms with Crippen LogP contribution in [0.4, 0.5) is 0 Å². The third-order valence-electron chi connectivity index (χ3n) is 0. The van der Waals surface area contributed by atoms with Gasteiger partial charge in [0.1, 0.15) is 0 Å². The fourth-order valence-electron chi connectivity index (χ4n) is 0. The van der Waals surface area contributed by atoms with Gasteiger partial charge in [-0.3, -0.25) is 0 Å². The van der Waals surface area contributed by atoms with Crippen molar-refractivity contribution in [2.45, 2.75) is 0 Å². The van der Waals surface area contributed by atoms with E-state index in [2.05, 4.69) is 0 Å². The molecule has 8 heavy (non-hydrogen) atoms. The average molecular weight is 408 g/mol. The zero-order valence-corrected chi connectivity index (χ0v) is 9.91. The van der Waals surface area contributed by atoms with Crippen molar-refractivity contribution >= 4 is 18.9 Å². The molecule has 0 atom stereocenters. The van der Waals surface area contributed by atoms with Crippen LogP contribution in [0.5, 0.6) is 0 Å². The third kappa shape index (κ3) is 137. The second-order valence-corrected chi connectivity index (χ2v) is 6.10. The molecule has 0 amide bonds. The van der Waals surface area contributed by atoms with Crippen molar-refractivity contribution in [2.75, 3.05) is 0 Å². The van der Waals surface area contributed by atoms with Crippen molar-refractivity contribution in [3.8, 4) is 0 Å². The third-order valence-corrected chi connectivity index (χ3v) is 0. The summed E-state index contributed by atoms with van der Waals surface area (Å²) in [6, 6.07) is 0. The van der Waals surface area contributed by atoms with Crippen molar-refractivity contribution in [3.63, 3.8) is 0 Å². The minimum absolute atomic E-state index is 0. The van der Waals surface area contributed by atoms with Crippen molar-refractivity contribution in [1.82, 2.24) is 0 Å². The molecule has 1 radical (unpaired) electrons. The van der Waals surface area contributed by atoms with E-state index in [1.54, 1.807) is 0 Å². The van der Waals surface area contributed by atoms with Crippen LogP contribution in [0.25, 0.3) is 0 Å². The van der Waals surface area contributed by atoms with Gasteiger partial charge < -0.3 is 0 Å². The quantitative estimate of drug-likeness (QED) is 0.469. The molecule has 0 aromatic heterocycles. The Labute approximate surface area is 85.0 Å². The Balaban J connectivity index is -0.000000125. The fourth-order valence-corrected chi connectivity index (χ4v) is 0. The van der Waals surface area contributed by atoms with Gasteiger partial charge in [0, 0.05) is 35.6 Å². The van der Waals surface area contributed by atoms with Gasteiger partial charge >= 0.3 is 50.8 Å². The standard InChI is InChI=1S/La.Li.5O.Ta.H. The van der Waals surface area contributed by atoms with E-state index in [9.17, 15) is 0 Å². The molecule has 0 bridgehead atoms. The predicted molar refractivity (Wildman–Crippen MR) is 10.6 cm³/mol. The molecular weight excluding hydrogens is 407 g/mol. The first kappa shape index (κ1) is 16.3. The van der Waals surface area contributed by atoms with Crippen molar-refractivity contribution in [1.29, 1.82) is 0 Å². The second-order valence-electron chi connectivity index (χ2n) is 0.745. The Kier molecular flexibility index (Phi) is 7.40. The maximum absolute atomic E-state index is 8.67. The summed E-state index contributed by atoms with van der Waals surface area (Å²) in [5.74, 6) is 0. The average Bonchev–Trinajstić information content (AvgIpc) is 0.650. The van der Waals surface area contributed by atoms with E-state index >= 15 is 0 Å². The molecule has 0 spiro atoms. The van der Waals surface area contributed by atoms with E-state index in [1.165, 1.54) is 0 Å². The van der Waals surface area contributed by atoms with E-state index < -0.39 is 15.7 Å². The van der Waals surface area contributed by atoms with Gasteiger partial charge in [0.05, 0.1) is 0 Å². The van der Waals surface area contributed by atoms with Gasteiger partial charge in [-0.15, -0.1) is 0 Å². The van der Waals surface area contributed by atoms with E-state index in [0.717, 1.165) is 0 Å². The summed E-state index contributed by atoms with van der Waals surface area (Å²) in [5.41, 5.74) is 0. The van der Waals surface area contributed by atoms with Gasteiger partial charge in [0.15, 0.2) is 0 Å². The van der Waals surface area contributed by atoms with E-state index in [0.29, 0.717) is 0 Å². The monoisotopic (exact) mass is 408 g/mol. The molecule has 0 aliphatic carbocycles. The van der Waals surface area contributed by atoms with E-state index in [4.69, 9.17) is 16.3 Å². The summed E-state index contributed by atoms with van der Waals surface area (Å²) in [6.07, 6.45) is 0. The van der Waals surface area contributed by atoms with Crippen LogP contribution in [0.1, 0.15) is 0 Å². The first-order chi connectivity index (χ1) is 2.24. The fraction of sp³-hybridized carbons (Fsp3) is 0. The normalized spacial score (nSPS) is 7.50. The van der Waals surface area contributed by atoms with Gasteiger partial charge in [-0.05, 0) is 0 Å². The molecule has 0 heterocycles. The van der Waals surface area contributed by atoms with Gasteiger partial charge in [0.2, 0.25) is 0 Å². The molecule has 0 fully saturated rings. The molecule has 0 aliphatic heterocycles. The summed E-state index contributed by atoms with van der Waals surface area (Å²) < 4.78 is 43.4. The first-order valence-corrected chi connectivity index (χ1v) is 7.47. The van der Waals surface area contributed by atoms with Crippen LogP contribution in [0, 0.1) is 35.6 Å². The van der Waals surface area contributed by atoms with Crippen LogP contribution < -0.4 is 0 Å². The molecule has 0 aromatic carbocycles. The summed E-state index contributed by atoms with van der Waals surface area (Å²) in [4.78, 5) is 0. The molecule has 0 saturated heterocycles. The molecule has 8 heteroatoms. The van der Waals surface area contributed by atoms with Gasteiger partial charge in [-0.25, -0.2) is 0 Å². The molecule has 0 saturated carbocycles. The molecule has 0 aromatic rings. The summed E-state index contributed by atoms with van der Waals surface area (Å²) >= 11 is -8.05. The molecule has 0 rings (SSSR count). The molecule has 40 valence electrons. The molecule has 0 aliphatic rings. The Morgan fingerprint density at radius 2 is 0.750 bits per heavy atom. The van der Waals surface area contributed by atoms with Gasteiger partial charge in [-0.1, -0.05) is 0 Å². The van der Waals surface area contributed by atoms with E-state index in [1.807, 2.05) is 0 Å². The Bertz CT molecular complexity index is 282. The second kappa shape index (κ2) is 3.64. The molecule has 0 unspecified atom stereocenters. The Morgan fingerprint density at radius 3 is 0.750 bits per heavy atom. The van der Waals surface area contributed by atoms with Gasteiger partial charge in [-0.2, -0.15) is 0 Å². The van der Waals surface area contributed by atoms with Crippen LogP contribution in [0.3, 0.4) is 0 Å². The number of rotatable bonds is 0. The predicted octanol–water partition coefficient (Wildman–Crippen LogP) is -1.25. The number of hydrogen-bond donors (Lipinski definition) is 0. The molecular formula is HLaLiO5Ta. The summed E-state index contributed by atoms with van der Waals surface area (Å²) in [7, 11) is 0. The zero-order valence-electron chi connectivity index (χ0n) is 3.07. The van der Waals surface area contributed by atoms with Crippen LogP contribution >= 0.6 is 0 Å². The molecule has 5 nitrogen and oxygen atoms in total. The van der Waals surface area contributed by atoms with Gasteiger partial charge in [0.25, 0.3) is 0 Å². The maximum atomic E-state index is 8.67. The Hall–Kier alpha value is 1.53. The summed E-state index contributed by atoms with van der Waals surface area (Å²) in [6.45, 7) is 0. The number of hydrogen-bond acceptors (Lipinski definition) is 5. The first-order valence-electron chi connectivity index (χ1n) is 0.913. The topological polar surface area (TPSA) is 85.3 Å². The van der Waals surface area contributed by atoms with Crippen LogP contribution in [-0.2, 0) is 31.9 Å². The van der Waals surface area contributed by atoms with Crippen molar-refractivity contribution < 1.29 is 67.5 Å². The van der Waals surface area contributed by atoms with E-state index in [-0.39, 0.29) is 54.5 Å². The minimum atomic E-state index is -8.05. The zero-order chi connectivity index (χ0) is 5.45. The van der Waals surface area contributed by atoms with Crippen LogP contribution in [0.2, 0.25) is 0 Å².